The van der Waals surface area contributed by atoms with Crippen LogP contribution in [0.5, 0.6) is 0 Å². The van der Waals surface area contributed by atoms with Gasteiger partial charge in [-0.15, -0.1) is 11.3 Å². The SMILES string of the molecule is CC1=NCCCCCCN=C(C)C1=NNc1nccs1. The van der Waals surface area contributed by atoms with Crippen LogP contribution in [0, 0.1) is 0 Å². The second kappa shape index (κ2) is 7.89. The zero-order valence-electron chi connectivity index (χ0n) is 12.1. The Kier molecular flexibility index (Phi) is 5.86. The molecular weight excluding hydrogens is 270 g/mol. The average molecular weight is 291 g/mol. The molecule has 5 nitrogen and oxygen atoms in total. The van der Waals surface area contributed by atoms with Crippen molar-refractivity contribution in [3.8, 4) is 0 Å². The quantitative estimate of drug-likeness (QED) is 0.849. The molecule has 1 N–H and O–H groups in total. The molecule has 108 valence electrons. The van der Waals surface area contributed by atoms with Crippen LogP contribution in [0.1, 0.15) is 39.5 Å². The van der Waals surface area contributed by atoms with Crippen LogP contribution in [0.2, 0.25) is 0 Å². The third-order valence-corrected chi connectivity index (χ3v) is 3.82. The predicted octanol–water partition coefficient (Wildman–Crippen LogP) is 3.41. The van der Waals surface area contributed by atoms with Crippen molar-refractivity contribution in [2.45, 2.75) is 39.5 Å². The van der Waals surface area contributed by atoms with Crippen LogP contribution in [0.3, 0.4) is 0 Å². The minimum absolute atomic E-state index is 0.785. The monoisotopic (exact) mass is 291 g/mol. The fraction of sp³-hybridized carbons (Fsp3) is 0.571. The molecule has 2 heterocycles. The summed E-state index contributed by atoms with van der Waals surface area (Å²) >= 11 is 1.53. The van der Waals surface area contributed by atoms with Crippen LogP contribution in [-0.2, 0) is 0 Å². The summed E-state index contributed by atoms with van der Waals surface area (Å²) in [5.41, 5.74) is 5.71. The first-order chi connectivity index (χ1) is 9.77. The highest BCUT2D eigenvalue weighted by Gasteiger charge is 2.09. The summed E-state index contributed by atoms with van der Waals surface area (Å²) < 4.78 is 0. The van der Waals surface area contributed by atoms with Crippen molar-refractivity contribution in [3.63, 3.8) is 0 Å². The van der Waals surface area contributed by atoms with Crippen LogP contribution in [-0.4, -0.2) is 35.2 Å². The highest BCUT2D eigenvalue weighted by Crippen LogP contribution is 2.10. The molecule has 1 aliphatic rings. The van der Waals surface area contributed by atoms with E-state index in [0.29, 0.717) is 0 Å². The van der Waals surface area contributed by atoms with E-state index in [4.69, 9.17) is 0 Å². The number of nitrogens with zero attached hydrogens (tertiary/aromatic N) is 4. The largest absolute Gasteiger partial charge is 0.288 e. The lowest BCUT2D eigenvalue weighted by Crippen LogP contribution is -2.22. The molecule has 0 saturated carbocycles. The normalized spacial score (nSPS) is 17.8. The third-order valence-electron chi connectivity index (χ3n) is 3.15. The molecule has 0 amide bonds. The van der Waals surface area contributed by atoms with E-state index in [2.05, 4.69) is 25.5 Å². The highest BCUT2D eigenvalue weighted by molar-refractivity contribution is 7.13. The van der Waals surface area contributed by atoms with Crippen molar-refractivity contribution in [1.82, 2.24) is 4.98 Å². The van der Waals surface area contributed by atoms with Crippen molar-refractivity contribution in [2.24, 2.45) is 15.1 Å². The van der Waals surface area contributed by atoms with Crippen LogP contribution in [0.25, 0.3) is 0 Å². The minimum atomic E-state index is 0.785. The molecule has 0 radical (unpaired) electrons. The number of aromatic nitrogens is 1. The molecular formula is C14H21N5S. The Hall–Kier alpha value is -1.56. The van der Waals surface area contributed by atoms with E-state index < -0.39 is 0 Å². The van der Waals surface area contributed by atoms with Crippen LogP contribution < -0.4 is 5.43 Å². The fourth-order valence-corrected chi connectivity index (χ4v) is 2.50. The maximum absolute atomic E-state index is 4.61. The Morgan fingerprint density at radius 1 is 1.05 bits per heavy atom. The molecule has 0 saturated heterocycles. The molecule has 1 aliphatic heterocycles. The Morgan fingerprint density at radius 3 is 2.25 bits per heavy atom. The summed E-state index contributed by atoms with van der Waals surface area (Å²) in [4.78, 5) is 13.4. The summed E-state index contributed by atoms with van der Waals surface area (Å²) in [5, 5.41) is 7.15. The smallest absolute Gasteiger partial charge is 0.203 e. The number of nitrogens with one attached hydrogen (secondary N) is 1. The first-order valence-corrected chi connectivity index (χ1v) is 7.91. The van der Waals surface area contributed by atoms with Crippen molar-refractivity contribution in [2.75, 3.05) is 18.5 Å². The molecule has 1 aromatic rings. The Bertz CT molecular complexity index is 476. The Balaban J connectivity index is 2.18. The van der Waals surface area contributed by atoms with Gasteiger partial charge in [-0.1, -0.05) is 12.8 Å². The molecule has 6 heteroatoms. The number of hydrogen-bond donors (Lipinski definition) is 1. The molecule has 0 aromatic carbocycles. The minimum Gasteiger partial charge on any atom is -0.288 e. The molecule has 1 aromatic heterocycles. The predicted molar refractivity (Wildman–Crippen MR) is 87.6 cm³/mol. The Labute approximate surface area is 124 Å². The van der Waals surface area contributed by atoms with Crippen LogP contribution >= 0.6 is 11.3 Å². The molecule has 0 fully saturated rings. The van der Waals surface area contributed by atoms with Gasteiger partial charge in [0.05, 0.1) is 11.4 Å². The van der Waals surface area contributed by atoms with E-state index in [1.54, 1.807) is 6.20 Å². The van der Waals surface area contributed by atoms with Crippen molar-refractivity contribution in [1.29, 1.82) is 0 Å². The van der Waals surface area contributed by atoms with Crippen LogP contribution in [0.15, 0.2) is 26.7 Å². The fourth-order valence-electron chi connectivity index (χ4n) is 2.03. The zero-order chi connectivity index (χ0) is 14.2. The van der Waals surface area contributed by atoms with Gasteiger partial charge in [0.2, 0.25) is 5.13 Å². The van der Waals surface area contributed by atoms with Gasteiger partial charge in [-0.25, -0.2) is 4.98 Å². The van der Waals surface area contributed by atoms with Crippen molar-refractivity contribution < 1.29 is 0 Å². The van der Waals surface area contributed by atoms with E-state index in [1.807, 2.05) is 19.2 Å². The standard InChI is InChI=1S/C14H21N5S/c1-11-13(18-19-14-17-9-10-20-14)12(2)16-8-6-4-3-5-7-15-11/h9-10H,3-8H2,1-2H3,(H,17,19). The highest BCUT2D eigenvalue weighted by atomic mass is 32.1. The topological polar surface area (TPSA) is 62.0 Å². The number of rotatable bonds is 2. The summed E-state index contributed by atoms with van der Waals surface area (Å²) in [6, 6.07) is 0. The number of aliphatic imine (C=N–C) groups is 2. The average Bonchev–Trinajstić information content (AvgIpc) is 2.93. The zero-order valence-corrected chi connectivity index (χ0v) is 12.9. The van der Waals surface area contributed by atoms with E-state index >= 15 is 0 Å². The van der Waals surface area contributed by atoms with Gasteiger partial charge in [0, 0.05) is 24.7 Å². The summed E-state index contributed by atoms with van der Waals surface area (Å²) in [7, 11) is 0. The van der Waals surface area contributed by atoms with E-state index in [-0.39, 0.29) is 0 Å². The first-order valence-electron chi connectivity index (χ1n) is 7.03. The molecule has 2 rings (SSSR count). The van der Waals surface area contributed by atoms with Gasteiger partial charge in [-0.05, 0) is 26.7 Å². The second-order valence-corrected chi connectivity index (χ2v) is 5.65. The van der Waals surface area contributed by atoms with Gasteiger partial charge in [0.15, 0.2) is 0 Å². The number of anilines is 1. The number of thiazole rings is 1. The lowest BCUT2D eigenvalue weighted by Gasteiger charge is -2.06. The summed E-state index contributed by atoms with van der Waals surface area (Å²) in [5.74, 6) is 0. The maximum atomic E-state index is 4.61. The molecule has 0 aliphatic carbocycles. The molecule has 0 spiro atoms. The molecule has 0 bridgehead atoms. The van der Waals surface area contributed by atoms with E-state index in [1.165, 1.54) is 24.2 Å². The van der Waals surface area contributed by atoms with Gasteiger partial charge >= 0.3 is 0 Å². The van der Waals surface area contributed by atoms with Crippen molar-refractivity contribution >= 4 is 33.6 Å². The maximum Gasteiger partial charge on any atom is 0.203 e. The van der Waals surface area contributed by atoms with Crippen molar-refractivity contribution in [3.05, 3.63) is 11.6 Å². The first kappa shape index (κ1) is 14.8. The van der Waals surface area contributed by atoms with Gasteiger partial charge in [0.1, 0.15) is 5.71 Å². The third kappa shape index (κ3) is 4.52. The van der Waals surface area contributed by atoms with Gasteiger partial charge in [-0.3, -0.25) is 15.4 Å². The van der Waals surface area contributed by atoms with Gasteiger partial charge in [-0.2, -0.15) is 5.10 Å². The second-order valence-electron chi connectivity index (χ2n) is 4.76. The summed E-state index contributed by atoms with van der Waals surface area (Å²) in [6.45, 7) is 5.74. The van der Waals surface area contributed by atoms with E-state index in [0.717, 1.165) is 48.2 Å². The number of hydrogen-bond acceptors (Lipinski definition) is 6. The molecule has 0 atom stereocenters. The lowest BCUT2D eigenvalue weighted by atomic mass is 10.1. The van der Waals surface area contributed by atoms with Gasteiger partial charge < -0.3 is 0 Å². The Morgan fingerprint density at radius 2 is 1.70 bits per heavy atom. The van der Waals surface area contributed by atoms with Gasteiger partial charge in [0.25, 0.3) is 0 Å². The van der Waals surface area contributed by atoms with Crippen LogP contribution in [0.4, 0.5) is 5.13 Å². The summed E-state index contributed by atoms with van der Waals surface area (Å²) in [6.07, 6.45) is 6.50. The lowest BCUT2D eigenvalue weighted by molar-refractivity contribution is 0.655. The van der Waals surface area contributed by atoms with E-state index in [9.17, 15) is 0 Å². The molecule has 20 heavy (non-hydrogen) atoms. The number of hydrazone groups is 1. The molecule has 0 unspecified atom stereocenters.